The number of methoxy groups -OCH3 is 2. The Bertz CT molecular complexity index is 2010. The van der Waals surface area contributed by atoms with E-state index in [0.29, 0.717) is 55.7 Å². The first-order valence-electron chi connectivity index (χ1n) is 20.0. The van der Waals surface area contributed by atoms with Gasteiger partial charge in [-0.25, -0.2) is 0 Å². The van der Waals surface area contributed by atoms with E-state index in [0.717, 1.165) is 79.0 Å². The lowest BCUT2D eigenvalue weighted by Gasteiger charge is -2.36. The Kier molecular flexibility index (Phi) is 14.0. The van der Waals surface area contributed by atoms with E-state index in [4.69, 9.17) is 9.47 Å². The number of nitrogens with zero attached hydrogens (tertiary/aromatic N) is 4. The molecule has 1 unspecified atom stereocenters. The van der Waals surface area contributed by atoms with E-state index in [-0.39, 0.29) is 29.3 Å². The number of amides is 3. The lowest BCUT2D eigenvalue weighted by Crippen LogP contribution is -2.47. The second kappa shape index (κ2) is 19.5. The van der Waals surface area contributed by atoms with Gasteiger partial charge in [-0.1, -0.05) is 31.7 Å². The average molecular weight is 769 g/mol. The van der Waals surface area contributed by atoms with Gasteiger partial charge in [0, 0.05) is 86.7 Å². The average Bonchev–Trinajstić information content (AvgIpc) is 3.70. The zero-order valence-corrected chi connectivity index (χ0v) is 33.0. The van der Waals surface area contributed by atoms with Crippen molar-refractivity contribution in [2.24, 2.45) is 7.05 Å². The summed E-state index contributed by atoms with van der Waals surface area (Å²) < 4.78 is 13.1. The molecule has 14 heteroatoms. The van der Waals surface area contributed by atoms with Crippen LogP contribution in [0.3, 0.4) is 0 Å². The van der Waals surface area contributed by atoms with Crippen molar-refractivity contribution in [1.29, 1.82) is 0 Å². The van der Waals surface area contributed by atoms with Crippen LogP contribution in [-0.2, 0) is 27.9 Å². The summed E-state index contributed by atoms with van der Waals surface area (Å²) in [7, 11) is 4.97. The highest BCUT2D eigenvalue weighted by Gasteiger charge is 2.26. The maximum atomic E-state index is 12.6. The normalized spacial score (nSPS) is 16.2. The summed E-state index contributed by atoms with van der Waals surface area (Å²) in [5.41, 5.74) is 4.95. The predicted octanol–water partition coefficient (Wildman–Crippen LogP) is 4.76. The molecule has 0 bridgehead atoms. The van der Waals surface area contributed by atoms with Crippen molar-refractivity contribution in [2.45, 2.75) is 76.7 Å². The van der Waals surface area contributed by atoms with E-state index >= 15 is 0 Å². The van der Waals surface area contributed by atoms with E-state index < -0.39 is 0 Å². The maximum absolute atomic E-state index is 12.6. The Balaban J connectivity index is 0.823. The number of piperidine rings is 1. The molecule has 56 heavy (non-hydrogen) atoms. The van der Waals surface area contributed by atoms with Crippen LogP contribution in [0.25, 0.3) is 22.0 Å². The number of carbonyl (C=O) groups is 3. The molecule has 4 heterocycles. The van der Waals surface area contributed by atoms with E-state index in [1.54, 1.807) is 33.7 Å². The van der Waals surface area contributed by atoms with E-state index in [1.165, 1.54) is 30.3 Å². The van der Waals surface area contributed by atoms with Gasteiger partial charge in [0.05, 0.1) is 20.4 Å². The third-order valence-electron chi connectivity index (χ3n) is 10.9. The summed E-state index contributed by atoms with van der Waals surface area (Å²) in [5.74, 6) is 0.950. The van der Waals surface area contributed by atoms with Crippen molar-refractivity contribution in [1.82, 2.24) is 30.3 Å². The molecule has 2 aliphatic heterocycles. The van der Waals surface area contributed by atoms with E-state index in [2.05, 4.69) is 48.1 Å². The first-order valence-corrected chi connectivity index (χ1v) is 20.0. The Morgan fingerprint density at radius 2 is 1.66 bits per heavy atom. The quantitative estimate of drug-likeness (QED) is 0.0773. The van der Waals surface area contributed by atoms with Crippen LogP contribution < -0.4 is 35.9 Å². The molecular weight excluding hydrogens is 713 g/mol. The van der Waals surface area contributed by atoms with Gasteiger partial charge in [-0.15, -0.1) is 0 Å². The number of unbranched alkanes of at least 4 members (excludes halogenated alkanes) is 5. The molecule has 3 amide bonds. The molecule has 1 atom stereocenters. The van der Waals surface area contributed by atoms with Crippen molar-refractivity contribution >= 4 is 40.0 Å². The number of pyridine rings is 1. The van der Waals surface area contributed by atoms with Gasteiger partial charge in [0.25, 0.3) is 5.56 Å². The molecule has 2 aromatic carbocycles. The summed E-state index contributed by atoms with van der Waals surface area (Å²) in [6, 6.07) is 11.7. The van der Waals surface area contributed by atoms with Crippen LogP contribution in [0.1, 0.15) is 69.8 Å². The number of imide groups is 1. The molecule has 0 saturated carbocycles. The smallest absolute Gasteiger partial charge is 0.276 e. The molecule has 6 rings (SSSR count). The molecule has 0 aliphatic carbocycles. The van der Waals surface area contributed by atoms with Crippen LogP contribution in [0, 0.1) is 0 Å². The van der Waals surface area contributed by atoms with Gasteiger partial charge in [-0.2, -0.15) is 5.10 Å². The van der Waals surface area contributed by atoms with E-state index in [1.807, 2.05) is 24.3 Å². The Hall–Kier alpha value is -5.37. The van der Waals surface area contributed by atoms with Crippen molar-refractivity contribution in [3.05, 3.63) is 64.7 Å². The summed E-state index contributed by atoms with van der Waals surface area (Å²) in [4.78, 5) is 53.7. The number of hydrogen-bond donors (Lipinski definition) is 4. The fourth-order valence-electron chi connectivity index (χ4n) is 7.73. The minimum atomic E-state index is -0.381. The molecule has 4 aromatic rings. The third-order valence-corrected chi connectivity index (χ3v) is 10.9. The Labute approximate surface area is 328 Å². The topological polar surface area (TPSA) is 163 Å². The van der Waals surface area contributed by atoms with Crippen LogP contribution in [0.5, 0.6) is 11.5 Å². The molecule has 0 spiro atoms. The summed E-state index contributed by atoms with van der Waals surface area (Å²) in [6.07, 6.45) is 12.9. The first kappa shape index (κ1) is 40.3. The summed E-state index contributed by atoms with van der Waals surface area (Å²) in [5, 5.41) is 16.4. The van der Waals surface area contributed by atoms with Crippen LogP contribution in [-0.4, -0.2) is 96.9 Å². The Morgan fingerprint density at radius 1 is 0.929 bits per heavy atom. The van der Waals surface area contributed by atoms with Gasteiger partial charge in [-0.3, -0.25) is 34.5 Å². The highest BCUT2D eigenvalue weighted by molar-refractivity contribution is 6.01. The first-order chi connectivity index (χ1) is 27.2. The molecule has 2 saturated heterocycles. The second-order valence-corrected chi connectivity index (χ2v) is 14.8. The van der Waals surface area contributed by atoms with Gasteiger partial charge in [-0.05, 0) is 74.5 Å². The van der Waals surface area contributed by atoms with Crippen LogP contribution in [0.4, 0.5) is 11.4 Å². The fourth-order valence-corrected chi connectivity index (χ4v) is 7.73. The number of H-pyrrole nitrogens is 1. The van der Waals surface area contributed by atoms with Gasteiger partial charge in [0.2, 0.25) is 17.7 Å². The lowest BCUT2D eigenvalue weighted by atomic mass is 9.98. The van der Waals surface area contributed by atoms with Gasteiger partial charge < -0.3 is 29.6 Å². The monoisotopic (exact) mass is 768 g/mol. The van der Waals surface area contributed by atoms with Crippen molar-refractivity contribution in [2.75, 3.05) is 63.7 Å². The number of aromatic amines is 1. The highest BCUT2D eigenvalue weighted by atomic mass is 16.5. The molecule has 2 aliphatic rings. The number of rotatable bonds is 19. The third kappa shape index (κ3) is 10.3. The van der Waals surface area contributed by atoms with Crippen molar-refractivity contribution < 1.29 is 23.9 Å². The van der Waals surface area contributed by atoms with Crippen LogP contribution in [0.2, 0.25) is 0 Å². The van der Waals surface area contributed by atoms with Gasteiger partial charge in [0.1, 0.15) is 23.1 Å². The van der Waals surface area contributed by atoms with Crippen molar-refractivity contribution in [3.63, 3.8) is 0 Å². The molecular formula is C42H56N8O6. The Morgan fingerprint density at radius 3 is 2.39 bits per heavy atom. The van der Waals surface area contributed by atoms with Gasteiger partial charge in [0.15, 0.2) is 0 Å². The standard InChI is InChI=1S/C42H56N8O6/c1-48-28-34(33-27-44-47-40(33)42(48)54)29-24-36(55-2)32(37(25-29)56-3)14-11-15-38(51)43-18-8-6-4-5-7-9-19-49-20-22-50(23-21-49)31-13-10-12-30(26-31)45-35-16-17-39(52)46-41(35)53/h10,12-13,24-28,35,45H,4-9,11,14-23H2,1-3H3,(H,43,51)(H,44,47)(H,46,52,53). The number of benzene rings is 2. The number of ether oxygens (including phenoxy) is 2. The number of fused-ring (bicyclic) bond motifs is 1. The maximum Gasteiger partial charge on any atom is 0.276 e. The zero-order chi connectivity index (χ0) is 39.4. The SMILES string of the molecule is COc1cc(-c2cn(C)c(=O)c3[nH]ncc23)cc(OC)c1CCCC(=O)NCCCCCCCCN1CCN(c2cccc(NC3CCC(=O)NC3=O)c2)CC1. The molecule has 2 fully saturated rings. The number of nitrogens with one attached hydrogen (secondary N) is 4. The zero-order valence-electron chi connectivity index (χ0n) is 33.0. The fraction of sp³-hybridized carbons (Fsp3) is 0.500. The number of aromatic nitrogens is 3. The second-order valence-electron chi connectivity index (χ2n) is 14.8. The predicted molar refractivity (Wildman–Crippen MR) is 218 cm³/mol. The molecule has 4 N–H and O–H groups in total. The van der Waals surface area contributed by atoms with E-state index in [9.17, 15) is 19.2 Å². The summed E-state index contributed by atoms with van der Waals surface area (Å²) in [6.45, 7) is 5.82. The van der Waals surface area contributed by atoms with Crippen LogP contribution >= 0.6 is 0 Å². The van der Waals surface area contributed by atoms with Gasteiger partial charge >= 0.3 is 0 Å². The number of piperazine rings is 1. The molecule has 300 valence electrons. The molecule has 2 aromatic heterocycles. The largest absolute Gasteiger partial charge is 0.496 e. The minimum Gasteiger partial charge on any atom is -0.496 e. The number of carbonyl (C=O) groups excluding carboxylic acids is 3. The number of anilines is 2. The molecule has 14 nitrogen and oxygen atoms in total. The van der Waals surface area contributed by atoms with Crippen molar-refractivity contribution in [3.8, 4) is 22.6 Å². The summed E-state index contributed by atoms with van der Waals surface area (Å²) >= 11 is 0. The van der Waals surface area contributed by atoms with Crippen LogP contribution in [0.15, 0.2) is 53.6 Å². The lowest BCUT2D eigenvalue weighted by molar-refractivity contribution is -0.133. The number of hydrogen-bond acceptors (Lipinski definition) is 10. The minimum absolute atomic E-state index is 0.0591. The highest BCUT2D eigenvalue weighted by Crippen LogP contribution is 2.37. The molecule has 0 radical (unpaired) electrons. The number of aryl methyl sites for hydroxylation is 1.